The summed E-state index contributed by atoms with van der Waals surface area (Å²) in [7, 11) is -4.64. The molecule has 0 aromatic rings. The van der Waals surface area contributed by atoms with Crippen LogP contribution in [0.2, 0.25) is 0 Å². The van der Waals surface area contributed by atoms with Gasteiger partial charge in [0.1, 0.15) is 12.1 Å². The lowest BCUT2D eigenvalue weighted by atomic mass is 10.0. The van der Waals surface area contributed by atoms with Crippen molar-refractivity contribution in [2.45, 2.75) is 167 Å². The lowest BCUT2D eigenvalue weighted by Crippen LogP contribution is -2.34. The predicted molar refractivity (Wildman–Crippen MR) is 217 cm³/mol. The SMILES string of the molecule is CC/C=C\C/C=C\C/C=C\C/C=C\C/C=C\CC(=O)OC(COCCCCCCCCCCCCCCCCCC)COP(=O)(O)OCC(N)C(=O)O. The van der Waals surface area contributed by atoms with Crippen LogP contribution in [0.25, 0.3) is 0 Å². The number of carboxylic acid groups (broad SMARTS) is 1. The number of esters is 1. The van der Waals surface area contributed by atoms with Crippen molar-refractivity contribution < 1.29 is 42.7 Å². The van der Waals surface area contributed by atoms with Gasteiger partial charge in [0, 0.05) is 6.61 Å². The molecule has 0 heterocycles. The molecular formula is C42H74NO9P. The first-order chi connectivity index (χ1) is 25.7. The van der Waals surface area contributed by atoms with Gasteiger partial charge in [-0.15, -0.1) is 0 Å². The van der Waals surface area contributed by atoms with Crippen LogP contribution < -0.4 is 5.73 Å². The normalized spacial score (nSPS) is 14.6. The molecule has 0 amide bonds. The Labute approximate surface area is 322 Å². The van der Waals surface area contributed by atoms with E-state index in [1.54, 1.807) is 6.08 Å². The number of nitrogens with two attached hydrogens (primary N) is 1. The maximum Gasteiger partial charge on any atom is 0.472 e. The van der Waals surface area contributed by atoms with Crippen molar-refractivity contribution >= 4 is 19.8 Å². The lowest BCUT2D eigenvalue weighted by Gasteiger charge is -2.20. The number of carbonyl (C=O) groups excluding carboxylic acids is 1. The quantitative estimate of drug-likeness (QED) is 0.0239. The Kier molecular flexibility index (Phi) is 36.3. The summed E-state index contributed by atoms with van der Waals surface area (Å²) in [5.41, 5.74) is 5.34. The fourth-order valence-electron chi connectivity index (χ4n) is 5.21. The van der Waals surface area contributed by atoms with Gasteiger partial charge in [-0.25, -0.2) is 4.57 Å². The molecular weight excluding hydrogens is 693 g/mol. The minimum Gasteiger partial charge on any atom is -0.480 e. The van der Waals surface area contributed by atoms with Gasteiger partial charge < -0.3 is 25.2 Å². The Morgan fingerprint density at radius 3 is 1.47 bits per heavy atom. The maximum atomic E-state index is 12.5. The zero-order valence-electron chi connectivity index (χ0n) is 33.1. The van der Waals surface area contributed by atoms with E-state index in [1.165, 1.54) is 83.5 Å². The van der Waals surface area contributed by atoms with Gasteiger partial charge in [0.05, 0.1) is 26.2 Å². The number of allylic oxidation sites excluding steroid dienone is 9. The Hall–Kier alpha value is -2.33. The van der Waals surface area contributed by atoms with Gasteiger partial charge in [-0.3, -0.25) is 18.6 Å². The molecule has 0 aromatic heterocycles. The molecule has 10 nitrogen and oxygen atoms in total. The van der Waals surface area contributed by atoms with Crippen molar-refractivity contribution in [3.05, 3.63) is 60.8 Å². The summed E-state index contributed by atoms with van der Waals surface area (Å²) in [5, 5.41) is 8.87. The third-order valence-electron chi connectivity index (χ3n) is 8.34. The molecule has 0 aliphatic heterocycles. The molecule has 0 spiro atoms. The van der Waals surface area contributed by atoms with Crippen LogP contribution in [-0.4, -0.2) is 60.5 Å². The molecule has 0 saturated heterocycles. The van der Waals surface area contributed by atoms with Crippen LogP contribution in [0.4, 0.5) is 0 Å². The molecule has 4 N–H and O–H groups in total. The Morgan fingerprint density at radius 2 is 1.02 bits per heavy atom. The van der Waals surface area contributed by atoms with Crippen LogP contribution in [0.5, 0.6) is 0 Å². The van der Waals surface area contributed by atoms with Crippen LogP contribution in [0.15, 0.2) is 60.8 Å². The standard InChI is InChI=1S/C42H74NO9P/c1-3-5-7-9-11-13-15-17-19-21-23-25-27-29-31-33-35-49-36-39(37-50-53(47,48)51-38-40(43)42(45)46)52-41(44)34-32-30-28-26-24-22-20-18-16-14-12-10-8-6-4-2/h6,8,12,14,18,20,24,26,30,32,39-40H,3-5,7,9-11,13,15-17,19,21-23,25,27-29,31,33-38,43H2,1-2H3,(H,45,46)(H,47,48)/b8-6-,14-12-,20-18-,26-24-,32-30-. The predicted octanol–water partition coefficient (Wildman–Crippen LogP) is 10.9. The van der Waals surface area contributed by atoms with Crippen molar-refractivity contribution in [1.29, 1.82) is 0 Å². The van der Waals surface area contributed by atoms with E-state index >= 15 is 0 Å². The highest BCUT2D eigenvalue weighted by Crippen LogP contribution is 2.43. The van der Waals surface area contributed by atoms with Crippen LogP contribution in [-0.2, 0) is 32.7 Å². The second kappa shape index (κ2) is 38.0. The first kappa shape index (κ1) is 50.7. The van der Waals surface area contributed by atoms with E-state index < -0.39 is 45.1 Å². The summed E-state index contributed by atoms with van der Waals surface area (Å²) in [6, 6.07) is -1.49. The number of phosphoric ester groups is 1. The minimum atomic E-state index is -4.64. The highest BCUT2D eigenvalue weighted by atomic mass is 31.2. The van der Waals surface area contributed by atoms with E-state index in [4.69, 9.17) is 24.8 Å². The zero-order valence-corrected chi connectivity index (χ0v) is 34.0. The topological polar surface area (TPSA) is 155 Å². The maximum absolute atomic E-state index is 12.5. The first-order valence-corrected chi connectivity index (χ1v) is 21.8. The van der Waals surface area contributed by atoms with Gasteiger partial charge in [0.15, 0.2) is 0 Å². The highest BCUT2D eigenvalue weighted by molar-refractivity contribution is 7.47. The van der Waals surface area contributed by atoms with Crippen molar-refractivity contribution in [2.24, 2.45) is 5.73 Å². The Morgan fingerprint density at radius 1 is 0.604 bits per heavy atom. The number of aliphatic carboxylic acids is 1. The number of hydrogen-bond donors (Lipinski definition) is 3. The molecule has 53 heavy (non-hydrogen) atoms. The second-order valence-electron chi connectivity index (χ2n) is 13.4. The van der Waals surface area contributed by atoms with Crippen LogP contribution in [0.3, 0.4) is 0 Å². The van der Waals surface area contributed by atoms with E-state index in [0.29, 0.717) is 13.0 Å². The average molecular weight is 768 g/mol. The molecule has 0 aromatic carbocycles. The molecule has 306 valence electrons. The van der Waals surface area contributed by atoms with Gasteiger partial charge in [-0.05, 0) is 38.5 Å². The van der Waals surface area contributed by atoms with Crippen LogP contribution >= 0.6 is 7.82 Å². The number of ether oxygens (including phenoxy) is 2. The molecule has 11 heteroatoms. The lowest BCUT2D eigenvalue weighted by molar-refractivity contribution is -0.153. The smallest absolute Gasteiger partial charge is 0.472 e. The Balaban J connectivity index is 4.40. The van der Waals surface area contributed by atoms with E-state index in [1.807, 2.05) is 12.2 Å². The summed E-state index contributed by atoms with van der Waals surface area (Å²) in [4.78, 5) is 33.4. The molecule has 0 rings (SSSR count). The third-order valence-corrected chi connectivity index (χ3v) is 9.30. The molecule has 0 bridgehead atoms. The number of carboxylic acids is 1. The summed E-state index contributed by atoms with van der Waals surface area (Å²) in [6.07, 6.45) is 44.5. The summed E-state index contributed by atoms with van der Waals surface area (Å²) >= 11 is 0. The van der Waals surface area contributed by atoms with E-state index in [0.717, 1.165) is 44.9 Å². The molecule has 0 fully saturated rings. The Bertz CT molecular complexity index is 1070. The van der Waals surface area contributed by atoms with Gasteiger partial charge in [-0.2, -0.15) is 0 Å². The average Bonchev–Trinajstić information content (AvgIpc) is 3.13. The van der Waals surface area contributed by atoms with E-state index in [9.17, 15) is 19.0 Å². The summed E-state index contributed by atoms with van der Waals surface area (Å²) in [5.74, 6) is -1.91. The molecule has 0 radical (unpaired) electrons. The molecule has 0 aliphatic rings. The number of hydrogen-bond acceptors (Lipinski definition) is 8. The fourth-order valence-corrected chi connectivity index (χ4v) is 5.99. The van der Waals surface area contributed by atoms with Gasteiger partial charge in [0.25, 0.3) is 0 Å². The van der Waals surface area contributed by atoms with E-state index in [2.05, 4.69) is 60.9 Å². The zero-order chi connectivity index (χ0) is 39.1. The monoisotopic (exact) mass is 768 g/mol. The van der Waals surface area contributed by atoms with Crippen molar-refractivity contribution in [3.8, 4) is 0 Å². The van der Waals surface area contributed by atoms with Crippen LogP contribution in [0.1, 0.15) is 155 Å². The van der Waals surface area contributed by atoms with Crippen molar-refractivity contribution in [2.75, 3.05) is 26.4 Å². The fraction of sp³-hybridized carbons (Fsp3) is 0.714. The highest BCUT2D eigenvalue weighted by Gasteiger charge is 2.27. The molecule has 3 atom stereocenters. The van der Waals surface area contributed by atoms with E-state index in [-0.39, 0.29) is 13.0 Å². The molecule has 3 unspecified atom stereocenters. The molecule has 0 saturated carbocycles. The number of unbranched alkanes of at least 4 members (excludes halogenated alkanes) is 15. The van der Waals surface area contributed by atoms with Gasteiger partial charge >= 0.3 is 19.8 Å². The minimum absolute atomic E-state index is 0.0178. The first-order valence-electron chi connectivity index (χ1n) is 20.3. The second-order valence-corrected chi connectivity index (χ2v) is 14.9. The van der Waals surface area contributed by atoms with Crippen LogP contribution in [0, 0.1) is 0 Å². The number of carbonyl (C=O) groups is 2. The van der Waals surface area contributed by atoms with Gasteiger partial charge in [0.2, 0.25) is 0 Å². The van der Waals surface area contributed by atoms with Crippen molar-refractivity contribution in [3.63, 3.8) is 0 Å². The third kappa shape index (κ3) is 37.8. The largest absolute Gasteiger partial charge is 0.480 e. The summed E-state index contributed by atoms with van der Waals surface area (Å²) in [6.45, 7) is 3.64. The summed E-state index contributed by atoms with van der Waals surface area (Å²) < 4.78 is 33.1. The molecule has 0 aliphatic carbocycles. The van der Waals surface area contributed by atoms with Crippen molar-refractivity contribution in [1.82, 2.24) is 0 Å². The number of rotatable bonds is 38. The number of phosphoric acid groups is 1. The van der Waals surface area contributed by atoms with Gasteiger partial charge in [-0.1, -0.05) is 171 Å².